The van der Waals surface area contributed by atoms with Crippen LogP contribution in [0.5, 0.6) is 0 Å². The van der Waals surface area contributed by atoms with Gasteiger partial charge in [-0.2, -0.15) is 0 Å². The van der Waals surface area contributed by atoms with Crippen molar-refractivity contribution in [3.05, 3.63) is 277 Å². The third-order valence-corrected chi connectivity index (χ3v) is 13.9. The van der Waals surface area contributed by atoms with Gasteiger partial charge in [0.15, 0.2) is 5.58 Å². The molecule has 0 aliphatic heterocycles. The maximum absolute atomic E-state index is 15.9. The Labute approximate surface area is 419 Å². The molecule has 3 aromatic heterocycles. The van der Waals surface area contributed by atoms with E-state index in [1.165, 1.54) is 33.4 Å². The first-order chi connectivity index (χ1) is 35.6. The first kappa shape index (κ1) is 44.2. The highest BCUT2D eigenvalue weighted by atomic mass is 19.1. The molecule has 0 unspecified atom stereocenters. The fraction of sp³-hybridized carbons (Fsp3) is 0.0588. The van der Waals surface area contributed by atoms with Crippen LogP contribution in [0.1, 0.15) is 22.3 Å². The Bertz CT molecular complexity index is 3720. The van der Waals surface area contributed by atoms with E-state index >= 15 is 4.39 Å². The zero-order valence-electron chi connectivity index (χ0n) is 39.7. The number of nitrogens with zero attached hydrogens (tertiary/aromatic N) is 2. The molecule has 0 saturated carbocycles. The number of aryl methyl sites for hydroxylation is 4. The van der Waals surface area contributed by atoms with Gasteiger partial charge in [0.2, 0.25) is 0 Å². The van der Waals surface area contributed by atoms with E-state index in [1.54, 1.807) is 12.1 Å². The Kier molecular flexibility index (Phi) is 12.2. The van der Waals surface area contributed by atoms with E-state index < -0.39 is 0 Å². The van der Waals surface area contributed by atoms with Gasteiger partial charge in [-0.15, -0.1) is 0 Å². The van der Waals surface area contributed by atoms with Gasteiger partial charge in [-0.1, -0.05) is 200 Å². The number of hydrogen-bond donors (Lipinski definition) is 0. The summed E-state index contributed by atoms with van der Waals surface area (Å²) in [5.74, 6) is -0.282. The maximum atomic E-state index is 15.9. The molecular weight excluding hydrogens is 880 g/mol. The smallest absolute Gasteiger partial charge is 0.161 e. The van der Waals surface area contributed by atoms with Crippen molar-refractivity contribution in [3.8, 4) is 78.1 Å². The molecule has 4 heteroatoms. The fourth-order valence-corrected chi connectivity index (χ4v) is 10.1. The number of hydrogen-bond acceptors (Lipinski definition) is 3. The summed E-state index contributed by atoms with van der Waals surface area (Å²) in [5.41, 5.74) is 20.7. The molecule has 3 heterocycles. The van der Waals surface area contributed by atoms with E-state index in [0.29, 0.717) is 0 Å². The summed E-state index contributed by atoms with van der Waals surface area (Å²) in [6.45, 7) is 0. The summed E-state index contributed by atoms with van der Waals surface area (Å²) < 4.78 is 22.4. The standard InChI is InChI=1S/C68H49FN2O/c69-58-34-36-60(59-35-33-56(67-68-62(38-39-70-67)61-18-10-11-19-66(61)72-68)43-63(59)54-31-29-53(30-32-54)51-14-6-2-7-15-51)64(44-58)57-41-48(22-20-46-24-27-52(28-25-46)50-12-4-1-5-13-50)40-49(42-57)23-21-47-26-37-65(71-45-47)55-16-8-3-9-17-55/h1-19,24-45H,20-23H2. The van der Waals surface area contributed by atoms with Crippen LogP contribution in [0, 0.1) is 5.82 Å². The number of furan rings is 1. The van der Waals surface area contributed by atoms with Crippen LogP contribution in [0.15, 0.2) is 253 Å². The maximum Gasteiger partial charge on any atom is 0.161 e. The molecule has 0 aliphatic carbocycles. The van der Waals surface area contributed by atoms with E-state index in [4.69, 9.17) is 14.4 Å². The van der Waals surface area contributed by atoms with Crippen molar-refractivity contribution in [1.82, 2.24) is 9.97 Å². The topological polar surface area (TPSA) is 38.9 Å². The first-order valence-corrected chi connectivity index (χ1v) is 24.7. The minimum Gasteiger partial charge on any atom is -0.454 e. The molecule has 0 aliphatic rings. The van der Waals surface area contributed by atoms with Gasteiger partial charge in [0.25, 0.3) is 0 Å². The number of aromatic nitrogens is 2. The van der Waals surface area contributed by atoms with Crippen LogP contribution in [0.25, 0.3) is 100 Å². The predicted molar refractivity (Wildman–Crippen MR) is 295 cm³/mol. The SMILES string of the molecule is Fc1ccc(-c2ccc(-c3nccc4c3oc3ccccc34)cc2-c2ccc(-c3ccccc3)cc2)c(-c2cc(CCc3ccc(-c4ccccc4)cc3)cc(CCc3ccc(-c4ccccc4)nc3)c2)c1. The van der Waals surface area contributed by atoms with Gasteiger partial charge < -0.3 is 4.42 Å². The number of fused-ring (bicyclic) bond motifs is 3. The highest BCUT2D eigenvalue weighted by Crippen LogP contribution is 2.43. The first-order valence-electron chi connectivity index (χ1n) is 24.7. The van der Waals surface area contributed by atoms with Crippen LogP contribution in [-0.2, 0) is 25.7 Å². The van der Waals surface area contributed by atoms with E-state index in [-0.39, 0.29) is 5.82 Å². The molecule has 344 valence electrons. The van der Waals surface area contributed by atoms with Crippen molar-refractivity contribution in [2.24, 2.45) is 0 Å². The summed E-state index contributed by atoms with van der Waals surface area (Å²) >= 11 is 0. The highest BCUT2D eigenvalue weighted by Gasteiger charge is 2.20. The molecule has 0 fully saturated rings. The Hall–Kier alpha value is -8.99. The summed E-state index contributed by atoms with van der Waals surface area (Å²) in [6.07, 6.45) is 7.18. The molecule has 0 spiro atoms. The Morgan fingerprint density at radius 1 is 0.333 bits per heavy atom. The molecule has 0 amide bonds. The minimum atomic E-state index is -0.282. The summed E-state index contributed by atoms with van der Waals surface area (Å²) in [7, 11) is 0. The third-order valence-electron chi connectivity index (χ3n) is 13.9. The molecule has 0 atom stereocenters. The quantitative estimate of drug-likeness (QED) is 0.116. The second-order valence-corrected chi connectivity index (χ2v) is 18.5. The van der Waals surface area contributed by atoms with Crippen molar-refractivity contribution in [2.45, 2.75) is 25.7 Å². The second-order valence-electron chi connectivity index (χ2n) is 18.5. The van der Waals surface area contributed by atoms with Crippen LogP contribution in [-0.4, -0.2) is 9.97 Å². The van der Waals surface area contributed by atoms with Crippen LogP contribution in [0.3, 0.4) is 0 Å². The summed E-state index contributed by atoms with van der Waals surface area (Å²) in [4.78, 5) is 9.77. The molecule has 12 rings (SSSR count). The zero-order chi connectivity index (χ0) is 48.2. The molecule has 0 radical (unpaired) electrons. The number of benzene rings is 9. The molecule has 0 bridgehead atoms. The van der Waals surface area contributed by atoms with Crippen molar-refractivity contribution < 1.29 is 8.81 Å². The Morgan fingerprint density at radius 3 is 1.53 bits per heavy atom. The number of halogens is 1. The fourth-order valence-electron chi connectivity index (χ4n) is 10.1. The number of pyridine rings is 2. The molecule has 72 heavy (non-hydrogen) atoms. The van der Waals surface area contributed by atoms with Gasteiger partial charge in [-0.25, -0.2) is 4.39 Å². The van der Waals surface area contributed by atoms with Gasteiger partial charge in [0.05, 0.1) is 5.69 Å². The van der Waals surface area contributed by atoms with E-state index in [2.05, 4.69) is 164 Å². The van der Waals surface area contributed by atoms with E-state index in [1.807, 2.05) is 73.1 Å². The van der Waals surface area contributed by atoms with Crippen molar-refractivity contribution in [3.63, 3.8) is 0 Å². The molecule has 3 nitrogen and oxygen atoms in total. The largest absolute Gasteiger partial charge is 0.454 e. The van der Waals surface area contributed by atoms with Gasteiger partial charge in [-0.05, 0) is 140 Å². The van der Waals surface area contributed by atoms with Crippen molar-refractivity contribution in [2.75, 3.05) is 0 Å². The lowest BCUT2D eigenvalue weighted by molar-refractivity contribution is 0.628. The normalized spacial score (nSPS) is 11.3. The minimum absolute atomic E-state index is 0.282. The van der Waals surface area contributed by atoms with E-state index in [0.717, 1.165) is 115 Å². The van der Waals surface area contributed by atoms with Gasteiger partial charge in [0.1, 0.15) is 17.1 Å². The van der Waals surface area contributed by atoms with Crippen molar-refractivity contribution in [1.29, 1.82) is 0 Å². The van der Waals surface area contributed by atoms with Crippen molar-refractivity contribution >= 4 is 21.9 Å². The average molecular weight is 929 g/mol. The molecule has 12 aromatic rings. The monoisotopic (exact) mass is 928 g/mol. The molecule has 0 N–H and O–H groups in total. The zero-order valence-corrected chi connectivity index (χ0v) is 39.7. The number of para-hydroxylation sites is 1. The van der Waals surface area contributed by atoms with Gasteiger partial charge in [0, 0.05) is 34.3 Å². The second kappa shape index (κ2) is 19.8. The summed E-state index contributed by atoms with van der Waals surface area (Å²) in [6, 6.07) is 82.0. The number of rotatable bonds is 13. The van der Waals surface area contributed by atoms with Crippen LogP contribution < -0.4 is 0 Å². The molecule has 0 saturated heterocycles. The average Bonchev–Trinajstić information content (AvgIpc) is 3.84. The van der Waals surface area contributed by atoms with Crippen LogP contribution >= 0.6 is 0 Å². The lowest BCUT2D eigenvalue weighted by Crippen LogP contribution is -1.99. The van der Waals surface area contributed by atoms with Gasteiger partial charge >= 0.3 is 0 Å². The molecular formula is C68H49FN2O. The lowest BCUT2D eigenvalue weighted by atomic mass is 9.86. The predicted octanol–water partition coefficient (Wildman–Crippen LogP) is 17.8. The Morgan fingerprint density at radius 2 is 0.861 bits per heavy atom. The highest BCUT2D eigenvalue weighted by molar-refractivity contribution is 6.09. The Balaban J connectivity index is 0.948. The molecule has 9 aromatic carbocycles. The van der Waals surface area contributed by atoms with Gasteiger partial charge in [-0.3, -0.25) is 9.97 Å². The van der Waals surface area contributed by atoms with E-state index in [9.17, 15) is 0 Å². The van der Waals surface area contributed by atoms with Crippen LogP contribution in [0.4, 0.5) is 4.39 Å². The van der Waals surface area contributed by atoms with Crippen LogP contribution in [0.2, 0.25) is 0 Å². The lowest BCUT2D eigenvalue weighted by Gasteiger charge is -2.18. The third kappa shape index (κ3) is 9.26. The summed E-state index contributed by atoms with van der Waals surface area (Å²) in [5, 5.41) is 2.08.